The molecule has 2 aliphatic heterocycles. The van der Waals surface area contributed by atoms with Crippen LogP contribution in [0, 0.1) is 0 Å². The van der Waals surface area contributed by atoms with Gasteiger partial charge in [-0.2, -0.15) is 0 Å². The number of nitrogens with one attached hydrogen (secondary N) is 3. The predicted octanol–water partition coefficient (Wildman–Crippen LogP) is 1.60. The van der Waals surface area contributed by atoms with Crippen LogP contribution in [0.2, 0.25) is 0 Å². The minimum Gasteiger partial charge on any atom is -0.349 e. The van der Waals surface area contributed by atoms with Crippen LogP contribution in [0.15, 0.2) is 30.7 Å². The van der Waals surface area contributed by atoms with E-state index in [0.29, 0.717) is 17.8 Å². The Morgan fingerprint density at radius 3 is 2.86 bits per heavy atom. The summed E-state index contributed by atoms with van der Waals surface area (Å²) in [6, 6.07) is 3.98. The topological polar surface area (TPSA) is 95.1 Å². The summed E-state index contributed by atoms with van der Waals surface area (Å²) >= 11 is 0. The van der Waals surface area contributed by atoms with E-state index in [0.717, 1.165) is 54.6 Å². The van der Waals surface area contributed by atoms with E-state index in [9.17, 15) is 9.59 Å². The first kappa shape index (κ1) is 17.9. The fourth-order valence-electron chi connectivity index (χ4n) is 4.20. The second-order valence-electron chi connectivity index (χ2n) is 7.94. The summed E-state index contributed by atoms with van der Waals surface area (Å²) in [7, 11) is 2.10. The van der Waals surface area contributed by atoms with Gasteiger partial charge in [0, 0.05) is 54.2 Å². The Kier molecular flexibility index (Phi) is 4.35. The number of carbonyl (C=O) groups excluding carboxylic acids is 2. The van der Waals surface area contributed by atoms with Gasteiger partial charge in [0.2, 0.25) is 0 Å². The average molecular weight is 392 g/mol. The van der Waals surface area contributed by atoms with E-state index in [1.54, 1.807) is 6.20 Å². The minimum absolute atomic E-state index is 0.0568. The summed E-state index contributed by atoms with van der Waals surface area (Å²) in [5.41, 5.74) is 3.82. The summed E-state index contributed by atoms with van der Waals surface area (Å²) < 4.78 is 1.97. The zero-order valence-electron chi connectivity index (χ0n) is 16.4. The Bertz CT molecular complexity index is 1090. The summed E-state index contributed by atoms with van der Waals surface area (Å²) in [5.74, 6) is -0.143. The van der Waals surface area contributed by atoms with Crippen molar-refractivity contribution in [3.63, 3.8) is 0 Å². The molecular weight excluding hydrogens is 368 g/mol. The van der Waals surface area contributed by atoms with Crippen molar-refractivity contribution in [2.45, 2.75) is 25.4 Å². The van der Waals surface area contributed by atoms with Crippen molar-refractivity contribution < 1.29 is 9.59 Å². The molecule has 29 heavy (non-hydrogen) atoms. The van der Waals surface area contributed by atoms with Gasteiger partial charge in [-0.25, -0.2) is 4.98 Å². The monoisotopic (exact) mass is 392 g/mol. The number of pyridine rings is 1. The van der Waals surface area contributed by atoms with Crippen molar-refractivity contribution >= 4 is 22.8 Å². The van der Waals surface area contributed by atoms with Crippen molar-refractivity contribution in [3.05, 3.63) is 42.0 Å². The van der Waals surface area contributed by atoms with Crippen molar-refractivity contribution in [1.82, 2.24) is 30.1 Å². The van der Waals surface area contributed by atoms with Crippen LogP contribution >= 0.6 is 0 Å². The maximum atomic E-state index is 12.8. The quantitative estimate of drug-likeness (QED) is 0.631. The molecule has 0 unspecified atom stereocenters. The maximum absolute atomic E-state index is 12.8. The zero-order valence-corrected chi connectivity index (χ0v) is 16.4. The predicted molar refractivity (Wildman–Crippen MR) is 110 cm³/mol. The van der Waals surface area contributed by atoms with E-state index >= 15 is 0 Å². The molecule has 1 fully saturated rings. The lowest BCUT2D eigenvalue weighted by Crippen LogP contribution is -2.43. The van der Waals surface area contributed by atoms with Crippen LogP contribution in [0.5, 0.6) is 0 Å². The zero-order chi connectivity index (χ0) is 20.0. The van der Waals surface area contributed by atoms with Crippen molar-refractivity contribution in [1.29, 1.82) is 0 Å². The van der Waals surface area contributed by atoms with Crippen LogP contribution in [0.4, 0.5) is 0 Å². The van der Waals surface area contributed by atoms with Crippen molar-refractivity contribution in [2.75, 3.05) is 26.7 Å². The molecule has 3 aromatic heterocycles. The third-order valence-electron chi connectivity index (χ3n) is 5.93. The second kappa shape index (κ2) is 7.04. The van der Waals surface area contributed by atoms with E-state index in [-0.39, 0.29) is 17.9 Å². The van der Waals surface area contributed by atoms with Crippen LogP contribution < -0.4 is 10.6 Å². The number of rotatable bonds is 3. The van der Waals surface area contributed by atoms with Gasteiger partial charge in [-0.15, -0.1) is 0 Å². The van der Waals surface area contributed by atoms with Crippen molar-refractivity contribution in [2.24, 2.45) is 0 Å². The summed E-state index contributed by atoms with van der Waals surface area (Å²) in [6.07, 6.45) is 7.42. The maximum Gasteiger partial charge on any atom is 0.267 e. The van der Waals surface area contributed by atoms with Gasteiger partial charge in [-0.3, -0.25) is 9.59 Å². The lowest BCUT2D eigenvalue weighted by Gasteiger charge is -2.29. The number of carbonyl (C=O) groups is 2. The normalized spacial score (nSPS) is 17.9. The summed E-state index contributed by atoms with van der Waals surface area (Å²) in [5, 5.41) is 6.89. The van der Waals surface area contributed by atoms with Gasteiger partial charge in [-0.1, -0.05) is 0 Å². The van der Waals surface area contributed by atoms with E-state index in [4.69, 9.17) is 0 Å². The lowest BCUT2D eigenvalue weighted by atomic mass is 10.0. The molecule has 0 aromatic carbocycles. The molecule has 0 bridgehead atoms. The smallest absolute Gasteiger partial charge is 0.267 e. The molecule has 3 aromatic rings. The highest BCUT2D eigenvalue weighted by molar-refractivity contribution is 6.02. The highest BCUT2D eigenvalue weighted by atomic mass is 16.2. The van der Waals surface area contributed by atoms with Gasteiger partial charge in [0.1, 0.15) is 11.3 Å². The largest absolute Gasteiger partial charge is 0.349 e. The fourth-order valence-corrected chi connectivity index (χ4v) is 4.20. The van der Waals surface area contributed by atoms with E-state index in [1.165, 1.54) is 0 Å². The van der Waals surface area contributed by atoms with E-state index in [2.05, 4.69) is 32.5 Å². The number of hydrogen-bond donors (Lipinski definition) is 3. The standard InChI is InChI=1S/C21H24N6O2/c1-26-5-2-15(3-6-26)25-20(28)13-8-16-17(11-24-19(16)23-10-13)14-9-18-21(29)22-4-7-27(18)12-14/h8-12,15H,2-7H2,1H3,(H,22,29)(H,23,24)(H,25,28). The number of aromatic nitrogens is 3. The first-order valence-electron chi connectivity index (χ1n) is 10.0. The van der Waals surface area contributed by atoms with Crippen LogP contribution in [0.1, 0.15) is 33.7 Å². The Morgan fingerprint density at radius 1 is 1.24 bits per heavy atom. The molecule has 8 nitrogen and oxygen atoms in total. The fraction of sp³-hybridized carbons (Fsp3) is 0.381. The minimum atomic E-state index is -0.0864. The molecule has 150 valence electrons. The number of likely N-dealkylation sites (tertiary alicyclic amines) is 1. The van der Waals surface area contributed by atoms with Gasteiger partial charge >= 0.3 is 0 Å². The number of H-pyrrole nitrogens is 1. The molecule has 0 aliphatic carbocycles. The molecule has 8 heteroatoms. The molecule has 2 amide bonds. The third kappa shape index (κ3) is 3.29. The number of nitrogens with zero attached hydrogens (tertiary/aromatic N) is 3. The Hall–Kier alpha value is -3.13. The molecule has 1 saturated heterocycles. The number of aromatic amines is 1. The van der Waals surface area contributed by atoms with Gasteiger partial charge < -0.3 is 25.1 Å². The summed E-state index contributed by atoms with van der Waals surface area (Å²) in [4.78, 5) is 34.7. The second-order valence-corrected chi connectivity index (χ2v) is 7.94. The van der Waals surface area contributed by atoms with Gasteiger partial charge in [0.25, 0.3) is 11.8 Å². The first-order chi connectivity index (χ1) is 14.1. The average Bonchev–Trinajstić information content (AvgIpc) is 3.33. The molecule has 0 saturated carbocycles. The molecule has 0 atom stereocenters. The van der Waals surface area contributed by atoms with Gasteiger partial charge in [0.15, 0.2) is 0 Å². The highest BCUT2D eigenvalue weighted by Gasteiger charge is 2.22. The van der Waals surface area contributed by atoms with Crippen LogP contribution in [0.25, 0.3) is 22.2 Å². The Labute approximate surface area is 168 Å². The molecule has 2 aliphatic rings. The molecule has 0 radical (unpaired) electrons. The molecule has 5 heterocycles. The van der Waals surface area contributed by atoms with E-state index < -0.39 is 0 Å². The van der Waals surface area contributed by atoms with Gasteiger partial charge in [-0.05, 0) is 45.1 Å². The number of fused-ring (bicyclic) bond motifs is 2. The SMILES string of the molecule is CN1CCC(NC(=O)c2cnc3[nH]cc(-c4cc5n(c4)CCNC5=O)c3c2)CC1. The lowest BCUT2D eigenvalue weighted by molar-refractivity contribution is 0.0912. The molecular formula is C21H24N6O2. The first-order valence-corrected chi connectivity index (χ1v) is 10.0. The third-order valence-corrected chi connectivity index (χ3v) is 5.93. The molecule has 0 spiro atoms. The number of piperidine rings is 1. The number of amides is 2. The number of hydrogen-bond acceptors (Lipinski definition) is 4. The Morgan fingerprint density at radius 2 is 2.07 bits per heavy atom. The van der Waals surface area contributed by atoms with E-state index in [1.807, 2.05) is 29.1 Å². The highest BCUT2D eigenvalue weighted by Crippen LogP contribution is 2.30. The summed E-state index contributed by atoms with van der Waals surface area (Å²) in [6.45, 7) is 3.39. The Balaban J connectivity index is 1.43. The molecule has 3 N–H and O–H groups in total. The molecule has 5 rings (SSSR count). The van der Waals surface area contributed by atoms with Crippen LogP contribution in [-0.2, 0) is 6.54 Å². The van der Waals surface area contributed by atoms with Crippen LogP contribution in [0.3, 0.4) is 0 Å². The van der Waals surface area contributed by atoms with Crippen molar-refractivity contribution in [3.8, 4) is 11.1 Å². The van der Waals surface area contributed by atoms with Crippen LogP contribution in [-0.4, -0.2) is 64.0 Å². The van der Waals surface area contributed by atoms with Gasteiger partial charge in [0.05, 0.1) is 5.56 Å².